The normalized spacial score (nSPS) is 14.4. The number of hydrogen-bond acceptors (Lipinski definition) is 5. The zero-order chi connectivity index (χ0) is 26.2. The molecule has 3 heterocycles. The van der Waals surface area contributed by atoms with E-state index < -0.39 is 0 Å². The molecule has 1 aliphatic carbocycles. The molecule has 7 nitrogen and oxygen atoms in total. The molecule has 0 radical (unpaired) electrons. The third kappa shape index (κ3) is 4.92. The molecule has 0 bridgehead atoms. The van der Waals surface area contributed by atoms with Crippen molar-refractivity contribution in [2.45, 2.75) is 71.8 Å². The highest BCUT2D eigenvalue weighted by molar-refractivity contribution is 5.83. The minimum Gasteiger partial charge on any atom is -0.340 e. The number of fused-ring (bicyclic) bond motifs is 1. The number of aromatic nitrogens is 4. The topological polar surface area (TPSA) is 76.8 Å². The summed E-state index contributed by atoms with van der Waals surface area (Å²) in [6, 6.07) is 12.6. The lowest BCUT2D eigenvalue weighted by Crippen LogP contribution is -2.24. The Morgan fingerprint density at radius 2 is 1.86 bits per heavy atom. The summed E-state index contributed by atoms with van der Waals surface area (Å²) in [4.78, 5) is 22.7. The summed E-state index contributed by atoms with van der Waals surface area (Å²) in [5.74, 6) is 0.715. The third-order valence-electron chi connectivity index (χ3n) is 7.54. The van der Waals surface area contributed by atoms with Crippen LogP contribution in [0.4, 0.5) is 11.5 Å². The third-order valence-corrected chi connectivity index (χ3v) is 7.54. The van der Waals surface area contributed by atoms with Crippen molar-refractivity contribution in [3.63, 3.8) is 0 Å². The SMILES string of the molecule is CCNCCc1cc(Nc2cc3c(cn2)c(=O)n(C(C)C)n3-c2ccnc(C3(C)CC3)c2)ccc1CC. The van der Waals surface area contributed by atoms with Crippen molar-refractivity contribution in [1.82, 2.24) is 24.6 Å². The number of hydrogen-bond donors (Lipinski definition) is 2. The van der Waals surface area contributed by atoms with Gasteiger partial charge in [0.05, 0.1) is 16.6 Å². The molecular formula is C30H38N6O. The number of likely N-dealkylation sites (N-methyl/N-ethyl adjacent to an activating group) is 1. The summed E-state index contributed by atoms with van der Waals surface area (Å²) >= 11 is 0. The fraction of sp³-hybridized carbons (Fsp3) is 0.433. The zero-order valence-corrected chi connectivity index (χ0v) is 22.6. The van der Waals surface area contributed by atoms with Gasteiger partial charge >= 0.3 is 0 Å². The second-order valence-electron chi connectivity index (χ2n) is 10.7. The molecule has 1 aliphatic rings. The molecule has 0 spiro atoms. The van der Waals surface area contributed by atoms with E-state index in [0.717, 1.165) is 61.4 Å². The number of aryl methyl sites for hydroxylation is 1. The van der Waals surface area contributed by atoms with Gasteiger partial charge in [-0.1, -0.05) is 26.8 Å². The molecule has 1 aromatic carbocycles. The van der Waals surface area contributed by atoms with Crippen LogP contribution in [0.15, 0.2) is 53.6 Å². The van der Waals surface area contributed by atoms with Crippen molar-refractivity contribution in [3.05, 3.63) is 76.0 Å². The molecule has 194 valence electrons. The van der Waals surface area contributed by atoms with Crippen LogP contribution >= 0.6 is 0 Å². The van der Waals surface area contributed by atoms with Crippen molar-refractivity contribution < 1.29 is 0 Å². The van der Waals surface area contributed by atoms with Gasteiger partial charge in [-0.05, 0) is 88.0 Å². The second-order valence-corrected chi connectivity index (χ2v) is 10.7. The first-order chi connectivity index (χ1) is 17.8. The molecule has 1 saturated carbocycles. The monoisotopic (exact) mass is 498 g/mol. The first-order valence-corrected chi connectivity index (χ1v) is 13.5. The van der Waals surface area contributed by atoms with Gasteiger partial charge in [0.2, 0.25) is 0 Å². The fourth-order valence-electron chi connectivity index (χ4n) is 5.07. The van der Waals surface area contributed by atoms with Crippen LogP contribution in [0.5, 0.6) is 0 Å². The lowest BCUT2D eigenvalue weighted by molar-refractivity contribution is 0.477. The molecule has 7 heteroatoms. The van der Waals surface area contributed by atoms with Crippen LogP contribution in [0.25, 0.3) is 16.6 Å². The second kappa shape index (κ2) is 10.1. The number of rotatable bonds is 10. The Balaban J connectivity index is 1.56. The number of nitrogens with zero attached hydrogens (tertiary/aromatic N) is 4. The van der Waals surface area contributed by atoms with Crippen LogP contribution in [-0.2, 0) is 18.3 Å². The van der Waals surface area contributed by atoms with Gasteiger partial charge in [0.25, 0.3) is 5.56 Å². The average molecular weight is 499 g/mol. The van der Waals surface area contributed by atoms with Gasteiger partial charge in [-0.25, -0.2) is 14.3 Å². The molecule has 0 atom stereocenters. The Hall–Kier alpha value is -3.45. The molecule has 0 saturated heterocycles. The molecule has 0 aliphatic heterocycles. The predicted octanol–water partition coefficient (Wildman–Crippen LogP) is 5.67. The molecule has 0 amide bonds. The van der Waals surface area contributed by atoms with Crippen molar-refractivity contribution in [1.29, 1.82) is 0 Å². The molecule has 3 aromatic heterocycles. The van der Waals surface area contributed by atoms with E-state index >= 15 is 0 Å². The van der Waals surface area contributed by atoms with Gasteiger partial charge in [0.15, 0.2) is 0 Å². The summed E-state index contributed by atoms with van der Waals surface area (Å²) in [5.41, 5.74) is 6.70. The van der Waals surface area contributed by atoms with Crippen LogP contribution in [0.1, 0.15) is 70.3 Å². The van der Waals surface area contributed by atoms with Gasteiger partial charge in [0, 0.05) is 41.3 Å². The Morgan fingerprint density at radius 3 is 2.57 bits per heavy atom. The van der Waals surface area contributed by atoms with Gasteiger partial charge in [0.1, 0.15) is 5.82 Å². The van der Waals surface area contributed by atoms with E-state index in [4.69, 9.17) is 0 Å². The van der Waals surface area contributed by atoms with Gasteiger partial charge < -0.3 is 10.6 Å². The average Bonchev–Trinajstić information content (AvgIpc) is 3.58. The van der Waals surface area contributed by atoms with E-state index in [1.165, 1.54) is 11.1 Å². The van der Waals surface area contributed by atoms with E-state index in [1.54, 1.807) is 6.20 Å². The van der Waals surface area contributed by atoms with Crippen LogP contribution in [0.2, 0.25) is 0 Å². The summed E-state index contributed by atoms with van der Waals surface area (Å²) in [5, 5.41) is 7.53. The van der Waals surface area contributed by atoms with Crippen LogP contribution in [0, 0.1) is 0 Å². The smallest absolute Gasteiger partial charge is 0.276 e. The molecule has 37 heavy (non-hydrogen) atoms. The molecule has 4 aromatic rings. The van der Waals surface area contributed by atoms with Crippen molar-refractivity contribution in [2.75, 3.05) is 18.4 Å². The van der Waals surface area contributed by atoms with Gasteiger partial charge in [-0.2, -0.15) is 0 Å². The number of benzene rings is 1. The highest BCUT2D eigenvalue weighted by atomic mass is 16.1. The summed E-state index contributed by atoms with van der Waals surface area (Å²) in [6.07, 6.45) is 7.86. The highest BCUT2D eigenvalue weighted by Crippen LogP contribution is 2.47. The standard InChI is InChI=1S/C30H38N6O/c1-6-21-8-9-23(16-22(21)10-14-31-7-2)34-28-18-26-25(19-33-28)29(37)35(20(3)4)36(26)24-11-15-32-27(17-24)30(5)12-13-30/h8-9,11,15-20,31H,6-7,10,12-14H2,1-5H3,(H,33,34). The number of pyridine rings is 2. The summed E-state index contributed by atoms with van der Waals surface area (Å²) in [7, 11) is 0. The molecule has 0 unspecified atom stereocenters. The quantitative estimate of drug-likeness (QED) is 0.275. The maximum Gasteiger partial charge on any atom is 0.276 e. The maximum absolute atomic E-state index is 13.4. The van der Waals surface area contributed by atoms with Gasteiger partial charge in [-0.3, -0.25) is 9.78 Å². The molecule has 1 fully saturated rings. The first kappa shape index (κ1) is 25.2. The minimum atomic E-state index is -0.0296. The Labute approximate surface area is 218 Å². The van der Waals surface area contributed by atoms with E-state index in [2.05, 4.69) is 65.6 Å². The van der Waals surface area contributed by atoms with E-state index in [0.29, 0.717) is 11.2 Å². The molecule has 5 rings (SSSR count). The van der Waals surface area contributed by atoms with E-state index in [1.807, 2.05) is 41.5 Å². The largest absolute Gasteiger partial charge is 0.340 e. The van der Waals surface area contributed by atoms with Crippen LogP contribution in [-0.4, -0.2) is 32.4 Å². The minimum absolute atomic E-state index is 0.00897. The summed E-state index contributed by atoms with van der Waals surface area (Å²) in [6.45, 7) is 12.6. The summed E-state index contributed by atoms with van der Waals surface area (Å²) < 4.78 is 3.85. The van der Waals surface area contributed by atoms with Crippen molar-refractivity contribution in [2.24, 2.45) is 0 Å². The molecule has 2 N–H and O–H groups in total. The molecular weight excluding hydrogens is 460 g/mol. The maximum atomic E-state index is 13.4. The Morgan fingerprint density at radius 1 is 1.05 bits per heavy atom. The Kier molecular flexibility index (Phi) is 6.90. The van der Waals surface area contributed by atoms with E-state index in [9.17, 15) is 4.79 Å². The fourth-order valence-corrected chi connectivity index (χ4v) is 5.07. The van der Waals surface area contributed by atoms with Crippen molar-refractivity contribution in [3.8, 4) is 5.69 Å². The van der Waals surface area contributed by atoms with Crippen LogP contribution < -0.4 is 16.2 Å². The van der Waals surface area contributed by atoms with Crippen molar-refractivity contribution >= 4 is 22.4 Å². The highest BCUT2D eigenvalue weighted by Gasteiger charge is 2.40. The number of anilines is 2. The Bertz CT molecular complexity index is 1480. The number of nitrogens with one attached hydrogen (secondary N) is 2. The lowest BCUT2D eigenvalue weighted by Gasteiger charge is -2.18. The van der Waals surface area contributed by atoms with Gasteiger partial charge in [-0.15, -0.1) is 0 Å². The first-order valence-electron chi connectivity index (χ1n) is 13.5. The van der Waals surface area contributed by atoms with E-state index in [-0.39, 0.29) is 17.0 Å². The predicted molar refractivity (Wildman–Crippen MR) is 151 cm³/mol. The zero-order valence-electron chi connectivity index (χ0n) is 22.6. The van der Waals surface area contributed by atoms with Crippen LogP contribution in [0.3, 0.4) is 0 Å². The lowest BCUT2D eigenvalue weighted by atomic mass is 10.0.